The van der Waals surface area contributed by atoms with E-state index in [1.807, 2.05) is 18.4 Å². The molecule has 7 nitrogen and oxygen atoms in total. The van der Waals surface area contributed by atoms with Crippen molar-refractivity contribution in [2.45, 2.75) is 64.1 Å². The Morgan fingerprint density at radius 2 is 1.82 bits per heavy atom. The van der Waals surface area contributed by atoms with E-state index in [1.54, 1.807) is 6.07 Å². The van der Waals surface area contributed by atoms with E-state index < -0.39 is 47.4 Å². The molecule has 2 heterocycles. The second kappa shape index (κ2) is 13.5. The lowest BCUT2D eigenvalue weighted by Gasteiger charge is -2.23. The number of hydrogen-bond donors (Lipinski definition) is 3. The van der Waals surface area contributed by atoms with Crippen molar-refractivity contribution in [3.05, 3.63) is 98.6 Å². The Morgan fingerprint density at radius 1 is 1.12 bits per heavy atom. The van der Waals surface area contributed by atoms with Gasteiger partial charge in [0.1, 0.15) is 17.2 Å². The molecule has 5 N–H and O–H groups in total. The summed E-state index contributed by atoms with van der Waals surface area (Å²) >= 11 is 0. The van der Waals surface area contributed by atoms with Crippen LogP contribution < -0.4 is 22.6 Å². The third-order valence-corrected chi connectivity index (χ3v) is 6.46. The quantitative estimate of drug-likeness (QED) is 0.213. The van der Waals surface area contributed by atoms with E-state index in [1.165, 1.54) is 24.4 Å². The molecule has 1 saturated carbocycles. The maximum Gasteiger partial charge on any atom is 0.418 e. The first-order valence-corrected chi connectivity index (χ1v) is 12.5. The Labute approximate surface area is 226 Å². The fourth-order valence-corrected chi connectivity index (χ4v) is 4.47. The number of aryl methyl sites for hydroxylation is 1. The molecule has 0 aliphatic heterocycles. The highest BCUT2D eigenvalue weighted by atomic mass is 19.4. The van der Waals surface area contributed by atoms with Gasteiger partial charge in [-0.25, -0.2) is 17.9 Å². The van der Waals surface area contributed by atoms with Crippen molar-refractivity contribution < 1.29 is 26.3 Å². The van der Waals surface area contributed by atoms with Crippen molar-refractivity contribution in [1.29, 1.82) is 0 Å². The van der Waals surface area contributed by atoms with Gasteiger partial charge in [-0.2, -0.15) is 18.3 Å². The molecule has 13 heteroatoms. The zero-order valence-corrected chi connectivity index (χ0v) is 21.7. The van der Waals surface area contributed by atoms with Gasteiger partial charge in [0.15, 0.2) is 0 Å². The number of alkyl halides is 5. The molecule has 216 valence electrons. The molecule has 0 saturated heterocycles. The van der Waals surface area contributed by atoms with Crippen LogP contribution in [0.5, 0.6) is 0 Å². The smallest absolute Gasteiger partial charge is 0.395 e. The summed E-state index contributed by atoms with van der Waals surface area (Å²) in [5, 5.41) is 3.98. The van der Waals surface area contributed by atoms with E-state index in [9.17, 15) is 31.1 Å². The molecule has 1 fully saturated rings. The average molecular weight is 569 g/mol. The molecule has 3 aromatic rings. The topological polar surface area (TPSA) is 112 Å². The second-order valence-electron chi connectivity index (χ2n) is 9.35. The first-order chi connectivity index (χ1) is 18.9. The van der Waals surface area contributed by atoms with Crippen LogP contribution in [-0.2, 0) is 12.7 Å². The highest BCUT2D eigenvalue weighted by Crippen LogP contribution is 2.33. The summed E-state index contributed by atoms with van der Waals surface area (Å²) in [6, 6.07) is 9.81. The van der Waals surface area contributed by atoms with Crippen molar-refractivity contribution in [1.82, 2.24) is 20.2 Å². The van der Waals surface area contributed by atoms with Gasteiger partial charge in [-0.15, -0.1) is 0 Å². The third kappa shape index (κ3) is 7.84. The number of nitrogens with two attached hydrogens (primary N) is 2. The molecule has 0 bridgehead atoms. The summed E-state index contributed by atoms with van der Waals surface area (Å²) in [6.07, 6.45) is -2.44. The minimum atomic E-state index is -4.69. The van der Waals surface area contributed by atoms with Crippen molar-refractivity contribution in [2.24, 2.45) is 11.6 Å². The Morgan fingerprint density at radius 3 is 2.38 bits per heavy atom. The Hall–Kier alpha value is -3.87. The molecule has 40 heavy (non-hydrogen) atoms. The first kappa shape index (κ1) is 30.7. The molecular weight excluding hydrogens is 538 g/mol. The van der Waals surface area contributed by atoms with Gasteiger partial charge in [-0.05, 0) is 61.6 Å². The molecule has 0 atom stereocenters. The normalized spacial score (nSPS) is 14.8. The fourth-order valence-electron chi connectivity index (χ4n) is 4.47. The van der Waals surface area contributed by atoms with Gasteiger partial charge in [-0.3, -0.25) is 15.6 Å². The van der Waals surface area contributed by atoms with E-state index >= 15 is 0 Å². The average Bonchev–Trinajstić information content (AvgIpc) is 2.90. The SMILES string of the molecule is Cc1cccc(F)c1.NN/C(=C(\N)c1cc(C2CCCCC2)c(=O)n(Cc2ncccc2C(F)(F)F)n1)C(F)F. The molecule has 4 rings (SSSR count). The van der Waals surface area contributed by atoms with Crippen LogP contribution in [0.2, 0.25) is 0 Å². The zero-order valence-electron chi connectivity index (χ0n) is 21.7. The molecule has 1 aliphatic rings. The number of pyridine rings is 1. The maximum atomic E-state index is 13.4. The highest BCUT2D eigenvalue weighted by Gasteiger charge is 2.34. The number of hydrazine groups is 1. The predicted molar refractivity (Wildman–Crippen MR) is 138 cm³/mol. The summed E-state index contributed by atoms with van der Waals surface area (Å²) < 4.78 is 79.7. The standard InChI is InChI=1S/C20H23F5N6O.C7H7F/c21-18(22)17(29-27)16(26)14-9-12(11-5-2-1-3-6-11)19(32)31(30-14)10-15-13(20(23,24)25)7-4-8-28-15;1-6-3-2-4-7(8)5-6/h4,7-9,11,18,29H,1-3,5-6,10,26-27H2;2-5H,1H3/b17-16-;. The second-order valence-corrected chi connectivity index (χ2v) is 9.35. The van der Waals surface area contributed by atoms with Crippen LogP contribution in [0.1, 0.15) is 66.1 Å². The molecule has 0 unspecified atom stereocenters. The lowest BCUT2D eigenvalue weighted by molar-refractivity contribution is -0.138. The van der Waals surface area contributed by atoms with Crippen LogP contribution in [0.25, 0.3) is 5.70 Å². The van der Waals surface area contributed by atoms with Gasteiger partial charge < -0.3 is 11.2 Å². The van der Waals surface area contributed by atoms with Gasteiger partial charge >= 0.3 is 6.18 Å². The molecule has 0 radical (unpaired) electrons. The number of hydrogen-bond acceptors (Lipinski definition) is 6. The minimum absolute atomic E-state index is 0.162. The van der Waals surface area contributed by atoms with Crippen LogP contribution >= 0.6 is 0 Å². The zero-order chi connectivity index (χ0) is 29.4. The van der Waals surface area contributed by atoms with Gasteiger partial charge in [-0.1, -0.05) is 31.4 Å². The molecule has 1 aliphatic carbocycles. The molecule has 0 amide bonds. The lowest BCUT2D eigenvalue weighted by Crippen LogP contribution is -2.33. The Bertz CT molecular complexity index is 1370. The molecule has 0 spiro atoms. The lowest BCUT2D eigenvalue weighted by atomic mass is 9.84. The summed E-state index contributed by atoms with van der Waals surface area (Å²) in [7, 11) is 0. The first-order valence-electron chi connectivity index (χ1n) is 12.5. The number of allylic oxidation sites excluding steroid dienone is 1. The van der Waals surface area contributed by atoms with Crippen LogP contribution in [-0.4, -0.2) is 21.2 Å². The van der Waals surface area contributed by atoms with Gasteiger partial charge in [0.05, 0.1) is 23.5 Å². The molecular formula is C27H30F6N6O. The summed E-state index contributed by atoms with van der Waals surface area (Å²) in [5.74, 6) is 4.81. The van der Waals surface area contributed by atoms with Gasteiger partial charge in [0.25, 0.3) is 12.0 Å². The maximum absolute atomic E-state index is 13.4. The minimum Gasteiger partial charge on any atom is -0.395 e. The van der Waals surface area contributed by atoms with E-state index in [0.717, 1.165) is 41.6 Å². The number of rotatable bonds is 6. The molecule has 2 aromatic heterocycles. The van der Waals surface area contributed by atoms with Crippen LogP contribution in [0.4, 0.5) is 26.3 Å². The highest BCUT2D eigenvalue weighted by molar-refractivity contribution is 5.63. The van der Waals surface area contributed by atoms with Crippen molar-refractivity contribution in [3.8, 4) is 0 Å². The fraction of sp³-hybridized carbons (Fsp3) is 0.370. The number of nitrogens with zero attached hydrogens (tertiary/aromatic N) is 3. The number of benzene rings is 1. The third-order valence-electron chi connectivity index (χ3n) is 6.46. The van der Waals surface area contributed by atoms with E-state index in [-0.39, 0.29) is 23.0 Å². The van der Waals surface area contributed by atoms with E-state index in [2.05, 4.69) is 10.1 Å². The van der Waals surface area contributed by atoms with Crippen molar-refractivity contribution >= 4 is 5.70 Å². The van der Waals surface area contributed by atoms with Crippen molar-refractivity contribution in [2.75, 3.05) is 0 Å². The van der Waals surface area contributed by atoms with Gasteiger partial charge in [0, 0.05) is 11.8 Å². The van der Waals surface area contributed by atoms with Crippen molar-refractivity contribution in [3.63, 3.8) is 0 Å². The van der Waals surface area contributed by atoms with Gasteiger partial charge in [0.2, 0.25) is 0 Å². The van der Waals surface area contributed by atoms with E-state index in [4.69, 9.17) is 11.6 Å². The number of aromatic nitrogens is 3. The Kier molecular flexibility index (Phi) is 10.3. The monoisotopic (exact) mass is 568 g/mol. The predicted octanol–water partition coefficient (Wildman–Crippen LogP) is 5.24. The summed E-state index contributed by atoms with van der Waals surface area (Å²) in [4.78, 5) is 16.9. The largest absolute Gasteiger partial charge is 0.418 e. The number of halogens is 6. The Balaban J connectivity index is 0.000000472. The summed E-state index contributed by atoms with van der Waals surface area (Å²) in [6.45, 7) is 1.26. The summed E-state index contributed by atoms with van der Waals surface area (Å²) in [5.41, 5.74) is 5.39. The van der Waals surface area contributed by atoms with Crippen LogP contribution in [0.15, 0.2) is 59.2 Å². The van der Waals surface area contributed by atoms with Crippen LogP contribution in [0.3, 0.4) is 0 Å². The number of nitrogens with one attached hydrogen (secondary N) is 1. The van der Waals surface area contributed by atoms with Crippen LogP contribution in [0, 0.1) is 12.7 Å². The van der Waals surface area contributed by atoms with E-state index in [0.29, 0.717) is 12.8 Å². The molecule has 1 aromatic carbocycles.